The second-order valence-electron chi connectivity index (χ2n) is 6.28. The normalized spacial score (nSPS) is 10.2. The Bertz CT molecular complexity index is 1060. The van der Waals surface area contributed by atoms with Crippen LogP contribution in [0.1, 0.15) is 31.8 Å². The van der Waals surface area contributed by atoms with E-state index in [1.165, 1.54) is 24.3 Å². The highest BCUT2D eigenvalue weighted by atomic mass is 16.6. The van der Waals surface area contributed by atoms with Crippen LogP contribution in [0.5, 0.6) is 0 Å². The number of nitro groups is 1. The fourth-order valence-electron chi connectivity index (χ4n) is 2.94. The van der Waals surface area contributed by atoms with Gasteiger partial charge in [0.2, 0.25) is 0 Å². The molecular weight excluding hydrogens is 370 g/mol. The van der Waals surface area contributed by atoms with Crippen LogP contribution in [0, 0.1) is 10.1 Å². The van der Waals surface area contributed by atoms with Crippen LogP contribution >= 0.6 is 0 Å². The number of nitrogens with zero attached hydrogens (tertiary/aromatic N) is 1. The van der Waals surface area contributed by atoms with Crippen LogP contribution in [0.25, 0.3) is 0 Å². The van der Waals surface area contributed by atoms with Gasteiger partial charge in [0, 0.05) is 30.8 Å². The molecule has 0 fully saturated rings. The van der Waals surface area contributed by atoms with Crippen LogP contribution in [-0.4, -0.2) is 23.7 Å². The Kier molecular flexibility index (Phi) is 5.99. The van der Waals surface area contributed by atoms with Crippen molar-refractivity contribution in [2.45, 2.75) is 6.54 Å². The predicted molar refractivity (Wildman–Crippen MR) is 110 cm³/mol. The quantitative estimate of drug-likeness (QED) is 0.364. The van der Waals surface area contributed by atoms with E-state index in [1.54, 1.807) is 25.2 Å². The maximum absolute atomic E-state index is 13.0. The van der Waals surface area contributed by atoms with E-state index < -0.39 is 10.7 Å². The number of anilines is 1. The fourth-order valence-corrected chi connectivity index (χ4v) is 2.94. The molecule has 0 saturated carbocycles. The molecule has 2 N–H and O–H groups in total. The van der Waals surface area contributed by atoms with Crippen LogP contribution in [0.15, 0.2) is 72.8 Å². The monoisotopic (exact) mass is 389 g/mol. The van der Waals surface area contributed by atoms with Gasteiger partial charge in [-0.25, -0.2) is 0 Å². The van der Waals surface area contributed by atoms with Crippen LogP contribution in [0.2, 0.25) is 0 Å². The molecule has 146 valence electrons. The highest BCUT2D eigenvalue weighted by Gasteiger charge is 2.21. The van der Waals surface area contributed by atoms with Crippen molar-refractivity contribution >= 4 is 23.1 Å². The van der Waals surface area contributed by atoms with Gasteiger partial charge in [-0.1, -0.05) is 48.5 Å². The number of hydrogen-bond donors (Lipinski definition) is 2. The first-order valence-electron chi connectivity index (χ1n) is 8.93. The molecule has 7 nitrogen and oxygen atoms in total. The van der Waals surface area contributed by atoms with E-state index in [0.29, 0.717) is 12.2 Å². The topological polar surface area (TPSA) is 101 Å². The minimum Gasteiger partial charge on any atom is -0.383 e. The first-order chi connectivity index (χ1) is 14.0. The van der Waals surface area contributed by atoms with E-state index in [2.05, 4.69) is 10.6 Å². The lowest BCUT2D eigenvalue weighted by molar-refractivity contribution is -0.384. The number of hydrogen-bond acceptors (Lipinski definition) is 5. The Morgan fingerprint density at radius 1 is 0.931 bits per heavy atom. The summed E-state index contributed by atoms with van der Waals surface area (Å²) in [7, 11) is 1.57. The van der Waals surface area contributed by atoms with Crippen molar-refractivity contribution in [3.05, 3.63) is 105 Å². The molecule has 0 unspecified atom stereocenters. The smallest absolute Gasteiger partial charge is 0.293 e. The Hall–Kier alpha value is -4.00. The molecule has 0 aliphatic heterocycles. The Labute approximate surface area is 167 Å². The van der Waals surface area contributed by atoms with Gasteiger partial charge in [-0.05, 0) is 23.8 Å². The molecule has 0 aliphatic carbocycles. The summed E-state index contributed by atoms with van der Waals surface area (Å²) in [5.74, 6) is -0.847. The van der Waals surface area contributed by atoms with Crippen LogP contribution in [0.4, 0.5) is 11.4 Å². The summed E-state index contributed by atoms with van der Waals surface area (Å²) in [5.41, 5.74) is 1.57. The zero-order chi connectivity index (χ0) is 20.8. The molecule has 29 heavy (non-hydrogen) atoms. The number of nitrogens with one attached hydrogen (secondary N) is 2. The molecule has 0 atom stereocenters. The molecule has 3 rings (SSSR count). The van der Waals surface area contributed by atoms with Crippen molar-refractivity contribution in [2.24, 2.45) is 0 Å². The summed E-state index contributed by atoms with van der Waals surface area (Å²) in [6.45, 7) is 0.324. The largest absolute Gasteiger partial charge is 0.383 e. The van der Waals surface area contributed by atoms with Crippen LogP contribution < -0.4 is 10.6 Å². The Morgan fingerprint density at radius 2 is 1.59 bits per heavy atom. The summed E-state index contributed by atoms with van der Waals surface area (Å²) in [6, 6.07) is 20.0. The molecule has 0 radical (unpaired) electrons. The van der Waals surface area contributed by atoms with Crippen molar-refractivity contribution < 1.29 is 14.5 Å². The summed E-state index contributed by atoms with van der Waals surface area (Å²) < 4.78 is 0. The third-order valence-electron chi connectivity index (χ3n) is 4.44. The number of ketones is 1. The summed E-state index contributed by atoms with van der Waals surface area (Å²) in [5, 5.41) is 16.8. The molecule has 0 bridgehead atoms. The predicted octanol–water partition coefficient (Wildman–Crippen LogP) is 3.80. The maximum Gasteiger partial charge on any atom is 0.293 e. The van der Waals surface area contributed by atoms with Gasteiger partial charge in [0.1, 0.15) is 5.69 Å². The van der Waals surface area contributed by atoms with Gasteiger partial charge in [-0.2, -0.15) is 0 Å². The standard InChI is InChI=1S/C22H19N3O4/c1-23-19-12-11-16(13-20(19)25(28)29)21(26)17-9-5-6-10-18(17)22(27)24-14-15-7-3-2-4-8-15/h2-13,23H,14H2,1H3,(H,24,27). The van der Waals surface area contributed by atoms with E-state index in [-0.39, 0.29) is 28.3 Å². The first-order valence-corrected chi connectivity index (χ1v) is 8.93. The van der Waals surface area contributed by atoms with Gasteiger partial charge in [-0.3, -0.25) is 19.7 Å². The van der Waals surface area contributed by atoms with E-state index in [9.17, 15) is 19.7 Å². The molecule has 0 heterocycles. The number of benzene rings is 3. The van der Waals surface area contributed by atoms with Crippen molar-refractivity contribution in [1.82, 2.24) is 5.32 Å². The Morgan fingerprint density at radius 3 is 2.24 bits per heavy atom. The molecular formula is C22H19N3O4. The van der Waals surface area contributed by atoms with E-state index in [1.807, 2.05) is 30.3 Å². The average molecular weight is 389 g/mol. The van der Waals surface area contributed by atoms with Crippen LogP contribution in [0.3, 0.4) is 0 Å². The second kappa shape index (κ2) is 8.79. The summed E-state index contributed by atoms with van der Waals surface area (Å²) in [4.78, 5) is 36.4. The van der Waals surface area contributed by atoms with Crippen molar-refractivity contribution in [2.75, 3.05) is 12.4 Å². The molecule has 0 spiro atoms. The van der Waals surface area contributed by atoms with Gasteiger partial charge in [0.05, 0.1) is 10.5 Å². The van der Waals surface area contributed by atoms with E-state index in [0.717, 1.165) is 5.56 Å². The van der Waals surface area contributed by atoms with Gasteiger partial charge in [0.15, 0.2) is 5.78 Å². The highest BCUT2D eigenvalue weighted by Crippen LogP contribution is 2.26. The summed E-state index contributed by atoms with van der Waals surface area (Å²) >= 11 is 0. The van der Waals surface area contributed by atoms with Crippen molar-refractivity contribution in [3.63, 3.8) is 0 Å². The number of carbonyl (C=O) groups is 2. The van der Waals surface area contributed by atoms with E-state index >= 15 is 0 Å². The third kappa shape index (κ3) is 4.47. The molecule has 3 aromatic rings. The lowest BCUT2D eigenvalue weighted by Crippen LogP contribution is -2.25. The lowest BCUT2D eigenvalue weighted by Gasteiger charge is -2.10. The minimum atomic E-state index is -0.554. The highest BCUT2D eigenvalue weighted by molar-refractivity contribution is 6.15. The van der Waals surface area contributed by atoms with Crippen molar-refractivity contribution in [1.29, 1.82) is 0 Å². The van der Waals surface area contributed by atoms with Gasteiger partial charge >= 0.3 is 0 Å². The SMILES string of the molecule is CNc1ccc(C(=O)c2ccccc2C(=O)NCc2ccccc2)cc1[N+](=O)[O-]. The van der Waals surface area contributed by atoms with Crippen LogP contribution in [-0.2, 0) is 6.54 Å². The number of carbonyl (C=O) groups excluding carboxylic acids is 2. The second-order valence-corrected chi connectivity index (χ2v) is 6.28. The average Bonchev–Trinajstić information content (AvgIpc) is 2.77. The Balaban J connectivity index is 1.88. The number of amides is 1. The maximum atomic E-state index is 13.0. The van der Waals surface area contributed by atoms with Gasteiger partial charge in [-0.15, -0.1) is 0 Å². The summed E-state index contributed by atoms with van der Waals surface area (Å²) in [6.07, 6.45) is 0. The number of rotatable bonds is 7. The lowest BCUT2D eigenvalue weighted by atomic mass is 9.97. The molecule has 0 saturated heterocycles. The van der Waals surface area contributed by atoms with Gasteiger partial charge in [0.25, 0.3) is 11.6 Å². The molecule has 0 aromatic heterocycles. The molecule has 3 aromatic carbocycles. The fraction of sp³-hybridized carbons (Fsp3) is 0.0909. The van der Waals surface area contributed by atoms with Crippen molar-refractivity contribution in [3.8, 4) is 0 Å². The third-order valence-corrected chi connectivity index (χ3v) is 4.44. The number of nitro benzene ring substituents is 1. The zero-order valence-electron chi connectivity index (χ0n) is 15.7. The first kappa shape index (κ1) is 19.8. The van der Waals surface area contributed by atoms with E-state index in [4.69, 9.17) is 0 Å². The zero-order valence-corrected chi connectivity index (χ0v) is 15.7. The minimum absolute atomic E-state index is 0.138. The molecule has 1 amide bonds. The van der Waals surface area contributed by atoms with Gasteiger partial charge < -0.3 is 10.6 Å². The molecule has 7 heteroatoms. The molecule has 0 aliphatic rings.